The zero-order valence-corrected chi connectivity index (χ0v) is 20.1. The van der Waals surface area contributed by atoms with E-state index in [1.165, 1.54) is 35.5 Å². The summed E-state index contributed by atoms with van der Waals surface area (Å²) < 4.78 is 6.14. The number of aliphatic hydroxyl groups excluding tert-OH is 1. The fraction of sp³-hybridized carbons (Fsp3) is 0.148. The van der Waals surface area contributed by atoms with E-state index in [0.29, 0.717) is 22.0 Å². The number of thiazole rings is 1. The lowest BCUT2D eigenvalue weighted by Gasteiger charge is -2.23. The van der Waals surface area contributed by atoms with Gasteiger partial charge in [0.1, 0.15) is 17.3 Å². The van der Waals surface area contributed by atoms with Crippen LogP contribution < -0.4 is 9.64 Å². The number of ketones is 1. The Morgan fingerprint density at radius 1 is 1.03 bits per heavy atom. The number of aromatic hydroxyl groups is 1. The van der Waals surface area contributed by atoms with Crippen LogP contribution in [0, 0.1) is 13.8 Å². The van der Waals surface area contributed by atoms with Crippen molar-refractivity contribution in [1.29, 1.82) is 0 Å². The Labute approximate surface area is 205 Å². The molecule has 1 atom stereocenters. The van der Waals surface area contributed by atoms with Crippen molar-refractivity contribution in [2.75, 3.05) is 12.0 Å². The first-order valence-electron chi connectivity index (χ1n) is 10.9. The summed E-state index contributed by atoms with van der Waals surface area (Å²) in [5.74, 6) is -1.35. The Bertz CT molecular complexity index is 1480. The number of aliphatic hydroxyl groups is 1. The number of aromatic nitrogens is 1. The molecule has 1 fully saturated rings. The Balaban J connectivity index is 1.73. The molecule has 176 valence electrons. The van der Waals surface area contributed by atoms with E-state index in [2.05, 4.69) is 4.98 Å². The number of methoxy groups -OCH3 is 1. The Hall–Kier alpha value is -4.17. The van der Waals surface area contributed by atoms with Crippen molar-refractivity contribution in [3.63, 3.8) is 0 Å². The smallest absolute Gasteiger partial charge is 0.301 e. The normalized spacial score (nSPS) is 17.3. The fourth-order valence-electron chi connectivity index (χ4n) is 4.20. The predicted molar refractivity (Wildman–Crippen MR) is 135 cm³/mol. The molecule has 0 radical (unpaired) electrons. The maximum atomic E-state index is 13.4. The van der Waals surface area contributed by atoms with E-state index in [4.69, 9.17) is 4.74 Å². The summed E-state index contributed by atoms with van der Waals surface area (Å²) in [5, 5.41) is 21.4. The third-order valence-corrected chi connectivity index (χ3v) is 7.21. The minimum absolute atomic E-state index is 0.0458. The van der Waals surface area contributed by atoms with Gasteiger partial charge in [-0.2, -0.15) is 0 Å². The molecule has 8 heteroatoms. The van der Waals surface area contributed by atoms with Crippen LogP contribution in [0.4, 0.5) is 5.13 Å². The molecule has 5 rings (SSSR count). The maximum Gasteiger partial charge on any atom is 0.301 e. The van der Waals surface area contributed by atoms with Crippen molar-refractivity contribution in [2.45, 2.75) is 19.9 Å². The number of phenolic OH excluding ortho intramolecular Hbond substituents is 1. The number of ether oxygens (including phenoxy) is 1. The Kier molecular flexibility index (Phi) is 5.53. The van der Waals surface area contributed by atoms with Gasteiger partial charge in [0.25, 0.3) is 5.78 Å². The second-order valence-electron chi connectivity index (χ2n) is 8.39. The minimum Gasteiger partial charge on any atom is -0.508 e. The van der Waals surface area contributed by atoms with Crippen LogP contribution in [0.1, 0.15) is 28.3 Å². The number of rotatable bonds is 4. The van der Waals surface area contributed by atoms with Gasteiger partial charge in [-0.3, -0.25) is 14.5 Å². The number of amides is 1. The van der Waals surface area contributed by atoms with Gasteiger partial charge in [0, 0.05) is 5.56 Å². The van der Waals surface area contributed by atoms with Gasteiger partial charge < -0.3 is 14.9 Å². The van der Waals surface area contributed by atoms with Gasteiger partial charge in [-0.25, -0.2) is 4.98 Å². The largest absolute Gasteiger partial charge is 0.508 e. The van der Waals surface area contributed by atoms with Crippen molar-refractivity contribution >= 4 is 44.1 Å². The molecule has 0 saturated carbocycles. The summed E-state index contributed by atoms with van der Waals surface area (Å²) in [6.07, 6.45) is 0. The second kappa shape index (κ2) is 8.56. The molecule has 0 aliphatic carbocycles. The van der Waals surface area contributed by atoms with E-state index in [1.807, 2.05) is 26.0 Å². The summed E-state index contributed by atoms with van der Waals surface area (Å²) >= 11 is 1.31. The molecule has 0 spiro atoms. The van der Waals surface area contributed by atoms with Crippen molar-refractivity contribution in [2.24, 2.45) is 0 Å². The highest BCUT2D eigenvalue weighted by atomic mass is 32.1. The lowest BCUT2D eigenvalue weighted by Crippen LogP contribution is -2.29. The number of benzene rings is 3. The van der Waals surface area contributed by atoms with Gasteiger partial charge in [-0.05, 0) is 66.9 Å². The number of fused-ring (bicyclic) bond motifs is 1. The van der Waals surface area contributed by atoms with Crippen LogP contribution in [0.2, 0.25) is 0 Å². The first-order chi connectivity index (χ1) is 16.8. The van der Waals surface area contributed by atoms with Crippen LogP contribution in [-0.4, -0.2) is 34.0 Å². The van der Waals surface area contributed by atoms with Gasteiger partial charge in [-0.15, -0.1) is 0 Å². The van der Waals surface area contributed by atoms with E-state index in [9.17, 15) is 19.8 Å². The van der Waals surface area contributed by atoms with Gasteiger partial charge >= 0.3 is 5.91 Å². The summed E-state index contributed by atoms with van der Waals surface area (Å²) in [7, 11) is 1.51. The van der Waals surface area contributed by atoms with Crippen molar-refractivity contribution in [3.05, 3.63) is 88.5 Å². The topological polar surface area (TPSA) is 100.0 Å². The molecule has 1 aromatic heterocycles. The van der Waals surface area contributed by atoms with Crippen LogP contribution in [-0.2, 0) is 9.59 Å². The van der Waals surface area contributed by atoms with Crippen LogP contribution in [0.15, 0.2) is 66.2 Å². The molecular weight excluding hydrogens is 464 g/mol. The third-order valence-electron chi connectivity index (χ3n) is 6.20. The minimum atomic E-state index is -0.926. The summed E-state index contributed by atoms with van der Waals surface area (Å²) in [5.41, 5.74) is 3.75. The molecule has 0 bridgehead atoms. The van der Waals surface area contributed by atoms with E-state index >= 15 is 0 Å². The summed E-state index contributed by atoms with van der Waals surface area (Å²) in [4.78, 5) is 32.7. The molecule has 1 unspecified atom stereocenters. The number of nitrogens with zero attached hydrogens (tertiary/aromatic N) is 2. The molecular formula is C27H22N2O5S. The van der Waals surface area contributed by atoms with Crippen molar-refractivity contribution in [1.82, 2.24) is 4.98 Å². The molecule has 7 nitrogen and oxygen atoms in total. The quantitative estimate of drug-likeness (QED) is 0.232. The van der Waals surface area contributed by atoms with Gasteiger partial charge in [-0.1, -0.05) is 35.6 Å². The van der Waals surface area contributed by atoms with Crippen LogP contribution in [0.25, 0.3) is 16.0 Å². The zero-order chi connectivity index (χ0) is 24.9. The number of hydrogen-bond donors (Lipinski definition) is 2. The standard InChI is InChI=1S/C27H22N2O5S/c1-14-11-20-21(12-15(14)2)35-27(28-20)29-23(16-7-9-18(30)10-8-16)22(25(32)26(29)33)24(31)17-5-4-6-19(13-17)34-3/h4-13,23,30-31H,1-3H3/b24-22+. The number of anilines is 1. The predicted octanol–water partition coefficient (Wildman–Crippen LogP) is 5.25. The van der Waals surface area contributed by atoms with E-state index < -0.39 is 17.7 Å². The lowest BCUT2D eigenvalue weighted by molar-refractivity contribution is -0.132. The molecule has 1 saturated heterocycles. The van der Waals surface area contributed by atoms with E-state index in [0.717, 1.165) is 21.3 Å². The number of carbonyl (C=O) groups excluding carboxylic acids is 2. The molecule has 1 aliphatic heterocycles. The van der Waals surface area contributed by atoms with E-state index in [1.54, 1.807) is 36.4 Å². The molecule has 1 aliphatic rings. The van der Waals surface area contributed by atoms with Crippen LogP contribution in [0.3, 0.4) is 0 Å². The SMILES string of the molecule is COc1cccc(/C(O)=C2\C(=O)C(=O)N(c3nc4cc(C)c(C)cc4s3)C2c2ccc(O)cc2)c1. The average molecular weight is 487 g/mol. The Morgan fingerprint density at radius 2 is 1.74 bits per heavy atom. The number of carbonyl (C=O) groups is 2. The molecule has 2 heterocycles. The average Bonchev–Trinajstić information content (AvgIpc) is 3.37. The maximum absolute atomic E-state index is 13.4. The summed E-state index contributed by atoms with van der Waals surface area (Å²) in [6.45, 7) is 4.00. The highest BCUT2D eigenvalue weighted by Crippen LogP contribution is 2.44. The monoisotopic (exact) mass is 486 g/mol. The fourth-order valence-corrected chi connectivity index (χ4v) is 5.27. The Morgan fingerprint density at radius 3 is 2.46 bits per heavy atom. The van der Waals surface area contributed by atoms with Crippen LogP contribution >= 0.6 is 11.3 Å². The molecule has 2 N–H and O–H groups in total. The first kappa shape index (κ1) is 22.6. The third kappa shape index (κ3) is 3.81. The van der Waals surface area contributed by atoms with E-state index in [-0.39, 0.29) is 17.1 Å². The van der Waals surface area contributed by atoms with Gasteiger partial charge in [0.2, 0.25) is 0 Å². The van der Waals surface area contributed by atoms with Crippen LogP contribution in [0.5, 0.6) is 11.5 Å². The number of Topliss-reactive ketones (excluding diaryl/α,β-unsaturated/α-hetero) is 1. The lowest BCUT2D eigenvalue weighted by atomic mass is 9.95. The molecule has 3 aromatic carbocycles. The number of hydrogen-bond acceptors (Lipinski definition) is 7. The zero-order valence-electron chi connectivity index (χ0n) is 19.3. The molecule has 35 heavy (non-hydrogen) atoms. The molecule has 4 aromatic rings. The van der Waals surface area contributed by atoms with Crippen molar-refractivity contribution in [3.8, 4) is 11.5 Å². The van der Waals surface area contributed by atoms with Gasteiger partial charge in [0.15, 0.2) is 5.13 Å². The van der Waals surface area contributed by atoms with Gasteiger partial charge in [0.05, 0.1) is 28.9 Å². The van der Waals surface area contributed by atoms with Crippen molar-refractivity contribution < 1.29 is 24.5 Å². The first-order valence-corrected chi connectivity index (χ1v) is 11.7. The summed E-state index contributed by atoms with van der Waals surface area (Å²) in [6, 6.07) is 15.9. The second-order valence-corrected chi connectivity index (χ2v) is 9.40. The highest BCUT2D eigenvalue weighted by Gasteiger charge is 2.48. The highest BCUT2D eigenvalue weighted by molar-refractivity contribution is 7.22. The molecule has 1 amide bonds. The number of aryl methyl sites for hydroxylation is 2. The number of phenols is 1.